The molecule has 0 saturated carbocycles. The van der Waals surface area contributed by atoms with Crippen LogP contribution < -0.4 is 9.47 Å². The number of halogens is 6. The number of benzene rings is 2. The van der Waals surface area contributed by atoms with Gasteiger partial charge in [0.1, 0.15) is 21.1 Å². The SMILES string of the molecule is COc1ccc2c(Cl)c(Cl)c(Cl)c(O)c2n1.COc1ccc2c(Cl)c(Cl)c(Cl)c(O)c2n1. The minimum atomic E-state index is -0.204. The zero-order valence-electron chi connectivity index (χ0n) is 16.2. The van der Waals surface area contributed by atoms with Gasteiger partial charge < -0.3 is 19.7 Å². The van der Waals surface area contributed by atoms with E-state index in [9.17, 15) is 10.2 Å². The molecule has 0 atom stereocenters. The summed E-state index contributed by atoms with van der Waals surface area (Å²) in [4.78, 5) is 8.11. The smallest absolute Gasteiger partial charge is 0.213 e. The van der Waals surface area contributed by atoms with Crippen molar-refractivity contribution in [2.24, 2.45) is 0 Å². The van der Waals surface area contributed by atoms with Crippen LogP contribution in [0.15, 0.2) is 24.3 Å². The summed E-state index contributed by atoms with van der Waals surface area (Å²) in [5.41, 5.74) is 0.525. The molecule has 2 aromatic heterocycles. The highest BCUT2D eigenvalue weighted by molar-refractivity contribution is 6.52. The molecule has 0 spiro atoms. The summed E-state index contributed by atoms with van der Waals surface area (Å²) >= 11 is 35.3. The third-order valence-corrected chi connectivity index (χ3v) is 6.93. The molecule has 0 saturated heterocycles. The fourth-order valence-corrected chi connectivity index (χ4v) is 4.01. The van der Waals surface area contributed by atoms with E-state index in [1.54, 1.807) is 24.3 Å². The zero-order valence-corrected chi connectivity index (χ0v) is 20.7. The van der Waals surface area contributed by atoms with Crippen LogP contribution >= 0.6 is 69.6 Å². The van der Waals surface area contributed by atoms with Crippen LogP contribution in [0, 0.1) is 0 Å². The molecule has 4 rings (SSSR count). The lowest BCUT2D eigenvalue weighted by atomic mass is 10.2. The number of aromatic hydroxyl groups is 2. The topological polar surface area (TPSA) is 84.7 Å². The van der Waals surface area contributed by atoms with Crippen LogP contribution in [0.1, 0.15) is 0 Å². The van der Waals surface area contributed by atoms with Crippen LogP contribution in [0.4, 0.5) is 0 Å². The fourth-order valence-electron chi connectivity index (χ4n) is 2.67. The lowest BCUT2D eigenvalue weighted by molar-refractivity contribution is 0.398. The van der Waals surface area contributed by atoms with Gasteiger partial charge in [-0.1, -0.05) is 69.6 Å². The van der Waals surface area contributed by atoms with Crippen molar-refractivity contribution in [2.45, 2.75) is 0 Å². The number of nitrogens with zero attached hydrogens (tertiary/aromatic N) is 2. The highest BCUT2D eigenvalue weighted by atomic mass is 35.5. The summed E-state index contributed by atoms with van der Waals surface area (Å²) < 4.78 is 9.89. The van der Waals surface area contributed by atoms with E-state index in [-0.39, 0.29) is 52.7 Å². The molecule has 6 nitrogen and oxygen atoms in total. The van der Waals surface area contributed by atoms with Gasteiger partial charge in [-0.05, 0) is 12.1 Å². The number of fused-ring (bicyclic) bond motifs is 2. The molecule has 2 heterocycles. The van der Waals surface area contributed by atoms with Crippen molar-refractivity contribution in [3.05, 3.63) is 54.4 Å². The number of phenols is 2. The number of hydrogen-bond acceptors (Lipinski definition) is 6. The number of pyridine rings is 2. The Morgan fingerprint density at radius 2 is 0.906 bits per heavy atom. The minimum Gasteiger partial charge on any atom is -0.504 e. The first-order valence-electron chi connectivity index (χ1n) is 8.52. The zero-order chi connectivity index (χ0) is 23.7. The normalized spacial score (nSPS) is 10.8. The molecule has 0 radical (unpaired) electrons. The monoisotopic (exact) mass is 554 g/mol. The molecule has 0 bridgehead atoms. The third kappa shape index (κ3) is 4.49. The largest absolute Gasteiger partial charge is 0.504 e. The summed E-state index contributed by atoms with van der Waals surface area (Å²) in [6, 6.07) is 6.56. The molecule has 12 heteroatoms. The fraction of sp³-hybridized carbons (Fsp3) is 0.100. The minimum absolute atomic E-state index is 0.0140. The van der Waals surface area contributed by atoms with Gasteiger partial charge in [-0.2, -0.15) is 0 Å². The van der Waals surface area contributed by atoms with Crippen molar-refractivity contribution in [3.8, 4) is 23.3 Å². The molecule has 2 N–H and O–H groups in total. The maximum Gasteiger partial charge on any atom is 0.213 e. The van der Waals surface area contributed by atoms with Gasteiger partial charge >= 0.3 is 0 Å². The van der Waals surface area contributed by atoms with E-state index >= 15 is 0 Å². The number of aromatic nitrogens is 2. The number of ether oxygens (including phenoxy) is 2. The van der Waals surface area contributed by atoms with Crippen LogP contribution in [-0.4, -0.2) is 34.4 Å². The second-order valence-corrected chi connectivity index (χ2v) is 8.35. The van der Waals surface area contributed by atoms with Gasteiger partial charge in [-0.3, -0.25) is 0 Å². The molecule has 0 aliphatic carbocycles. The number of hydrogen-bond donors (Lipinski definition) is 2. The molecule has 0 aliphatic rings. The lowest BCUT2D eigenvalue weighted by Gasteiger charge is -2.08. The van der Waals surface area contributed by atoms with Gasteiger partial charge in [0.25, 0.3) is 0 Å². The van der Waals surface area contributed by atoms with Crippen LogP contribution in [0.5, 0.6) is 23.3 Å². The molecular formula is C20H12Cl6N2O4. The van der Waals surface area contributed by atoms with Crippen molar-refractivity contribution in [2.75, 3.05) is 14.2 Å². The van der Waals surface area contributed by atoms with E-state index in [4.69, 9.17) is 79.1 Å². The maximum absolute atomic E-state index is 9.79. The summed E-state index contributed by atoms with van der Waals surface area (Å²) in [6.45, 7) is 0. The van der Waals surface area contributed by atoms with E-state index in [0.717, 1.165) is 0 Å². The first-order chi connectivity index (χ1) is 15.1. The Labute approximate surface area is 212 Å². The Morgan fingerprint density at radius 3 is 1.22 bits per heavy atom. The highest BCUT2D eigenvalue weighted by Crippen LogP contribution is 2.44. The van der Waals surface area contributed by atoms with Crippen molar-refractivity contribution in [1.82, 2.24) is 9.97 Å². The van der Waals surface area contributed by atoms with Crippen LogP contribution in [-0.2, 0) is 0 Å². The number of methoxy groups -OCH3 is 2. The Morgan fingerprint density at radius 1 is 0.562 bits per heavy atom. The lowest BCUT2D eigenvalue weighted by Crippen LogP contribution is -1.89. The summed E-state index contributed by atoms with van der Waals surface area (Å²) in [5.74, 6) is 0.310. The predicted octanol–water partition coefficient (Wildman–Crippen LogP) is 7.82. The molecule has 2 aromatic carbocycles. The summed E-state index contributed by atoms with van der Waals surface area (Å²) in [6.07, 6.45) is 0. The van der Waals surface area contributed by atoms with Crippen LogP contribution in [0.2, 0.25) is 30.1 Å². The Balaban J connectivity index is 0.000000181. The van der Waals surface area contributed by atoms with Gasteiger partial charge in [0, 0.05) is 22.9 Å². The van der Waals surface area contributed by atoms with Crippen molar-refractivity contribution in [3.63, 3.8) is 0 Å². The van der Waals surface area contributed by atoms with Crippen molar-refractivity contribution < 1.29 is 19.7 Å². The number of phenolic OH excluding ortho intramolecular Hbond substituents is 2. The molecule has 4 aromatic rings. The van der Waals surface area contributed by atoms with Gasteiger partial charge in [-0.15, -0.1) is 0 Å². The van der Waals surface area contributed by atoms with Gasteiger partial charge in [-0.25, -0.2) is 9.97 Å². The van der Waals surface area contributed by atoms with Crippen LogP contribution in [0.3, 0.4) is 0 Å². The molecule has 32 heavy (non-hydrogen) atoms. The van der Waals surface area contributed by atoms with E-state index < -0.39 is 0 Å². The molecule has 168 valence electrons. The van der Waals surface area contributed by atoms with E-state index in [1.165, 1.54) is 14.2 Å². The van der Waals surface area contributed by atoms with E-state index in [0.29, 0.717) is 22.5 Å². The average molecular weight is 557 g/mol. The van der Waals surface area contributed by atoms with Gasteiger partial charge in [0.2, 0.25) is 11.8 Å². The standard InChI is InChI=1S/2C10H6Cl3NO2/c2*1-16-5-3-2-4-6(11)7(12)8(13)10(15)9(4)14-5/h2*2-3,15H,1H3. The Hall–Kier alpha value is -1.80. The molecule has 0 fully saturated rings. The Bertz CT molecular complexity index is 1250. The summed E-state index contributed by atoms with van der Waals surface area (Å²) in [7, 11) is 2.95. The first-order valence-corrected chi connectivity index (χ1v) is 10.8. The van der Waals surface area contributed by atoms with Gasteiger partial charge in [0.15, 0.2) is 11.5 Å². The molecule has 0 unspecified atom stereocenters. The average Bonchev–Trinajstić information content (AvgIpc) is 2.83. The molecule has 0 amide bonds. The van der Waals surface area contributed by atoms with Crippen molar-refractivity contribution in [1.29, 1.82) is 0 Å². The van der Waals surface area contributed by atoms with Crippen LogP contribution in [0.25, 0.3) is 21.8 Å². The Kier molecular flexibility index (Phi) is 7.76. The second-order valence-electron chi connectivity index (χ2n) is 6.08. The molecular weight excluding hydrogens is 545 g/mol. The third-order valence-electron chi connectivity index (χ3n) is 4.27. The van der Waals surface area contributed by atoms with Crippen molar-refractivity contribution >= 4 is 91.4 Å². The second kappa shape index (κ2) is 10.00. The van der Waals surface area contributed by atoms with E-state index in [1.807, 2.05) is 0 Å². The molecule has 0 aliphatic heterocycles. The van der Waals surface area contributed by atoms with E-state index in [2.05, 4.69) is 9.97 Å². The quantitative estimate of drug-likeness (QED) is 0.245. The highest BCUT2D eigenvalue weighted by Gasteiger charge is 2.18. The first kappa shape index (κ1) is 24.8. The predicted molar refractivity (Wildman–Crippen MR) is 130 cm³/mol. The van der Waals surface area contributed by atoms with Gasteiger partial charge in [0.05, 0.1) is 34.3 Å². The summed E-state index contributed by atoms with van der Waals surface area (Å²) in [5, 5.41) is 21.3. The number of rotatable bonds is 2. The maximum atomic E-state index is 9.79.